The predicted octanol–water partition coefficient (Wildman–Crippen LogP) is 5.80. The van der Waals surface area contributed by atoms with Crippen LogP contribution in [0.25, 0.3) is 0 Å². The predicted molar refractivity (Wildman–Crippen MR) is 94.3 cm³/mol. The second-order valence-corrected chi connectivity index (χ2v) is 7.85. The Bertz CT molecular complexity index is 500. The average molecular weight is 287 g/mol. The van der Waals surface area contributed by atoms with Crippen LogP contribution >= 0.6 is 0 Å². The van der Waals surface area contributed by atoms with E-state index in [0.29, 0.717) is 11.5 Å². The third-order valence-electron chi connectivity index (χ3n) is 5.99. The summed E-state index contributed by atoms with van der Waals surface area (Å²) in [6.07, 6.45) is 3.84. The zero-order valence-corrected chi connectivity index (χ0v) is 15.3. The van der Waals surface area contributed by atoms with Gasteiger partial charge in [0, 0.05) is 17.3 Å². The van der Waals surface area contributed by atoms with Crippen LogP contribution in [0.1, 0.15) is 70.6 Å². The van der Waals surface area contributed by atoms with Crippen LogP contribution in [0.5, 0.6) is 0 Å². The number of benzene rings is 1. The minimum Gasteiger partial charge on any atom is -0.363 e. The highest BCUT2D eigenvalue weighted by Gasteiger charge is 2.52. The number of aryl methyl sites for hydroxylation is 3. The molecule has 1 saturated heterocycles. The highest BCUT2D eigenvalue weighted by molar-refractivity contribution is 5.63. The number of rotatable bonds is 3. The minimum absolute atomic E-state index is 0.232. The SMILES string of the molecule is CCC1(CC)CC(C)(C)N(c2c(C)cc(C)cc2C)C1C. The molecule has 1 heteroatoms. The monoisotopic (exact) mass is 287 g/mol. The smallest absolute Gasteiger partial charge is 0.0432 e. The molecule has 1 unspecified atom stereocenters. The molecule has 0 aliphatic carbocycles. The molecule has 1 aromatic rings. The van der Waals surface area contributed by atoms with Crippen LogP contribution in [0.3, 0.4) is 0 Å². The van der Waals surface area contributed by atoms with Crippen molar-refractivity contribution in [2.24, 2.45) is 5.41 Å². The van der Waals surface area contributed by atoms with Gasteiger partial charge in [-0.15, -0.1) is 0 Å². The maximum absolute atomic E-state index is 2.73. The van der Waals surface area contributed by atoms with E-state index in [-0.39, 0.29) is 5.54 Å². The second-order valence-electron chi connectivity index (χ2n) is 7.85. The molecule has 1 nitrogen and oxygen atoms in total. The van der Waals surface area contributed by atoms with Crippen molar-refractivity contribution < 1.29 is 0 Å². The summed E-state index contributed by atoms with van der Waals surface area (Å²) < 4.78 is 0. The molecule has 0 spiro atoms. The van der Waals surface area contributed by atoms with Gasteiger partial charge in [0.1, 0.15) is 0 Å². The summed E-state index contributed by atoms with van der Waals surface area (Å²) in [5.41, 5.74) is 6.38. The normalized spacial score (nSPS) is 23.6. The zero-order valence-electron chi connectivity index (χ0n) is 15.3. The first-order chi connectivity index (χ1) is 9.68. The Morgan fingerprint density at radius 2 is 1.52 bits per heavy atom. The molecule has 0 aromatic heterocycles. The Morgan fingerprint density at radius 3 is 1.90 bits per heavy atom. The lowest BCUT2D eigenvalue weighted by Gasteiger charge is -2.40. The van der Waals surface area contributed by atoms with Crippen molar-refractivity contribution >= 4 is 5.69 Å². The third kappa shape index (κ3) is 2.49. The summed E-state index contributed by atoms with van der Waals surface area (Å²) in [5, 5.41) is 0. The van der Waals surface area contributed by atoms with E-state index in [2.05, 4.69) is 72.4 Å². The highest BCUT2D eigenvalue weighted by atomic mass is 15.3. The van der Waals surface area contributed by atoms with E-state index in [1.54, 1.807) is 0 Å². The fourth-order valence-electron chi connectivity index (χ4n) is 5.03. The minimum atomic E-state index is 0.232. The van der Waals surface area contributed by atoms with Crippen LogP contribution in [0.15, 0.2) is 12.1 Å². The maximum Gasteiger partial charge on any atom is 0.0432 e. The molecule has 1 aliphatic heterocycles. The molecule has 1 heterocycles. The number of hydrogen-bond donors (Lipinski definition) is 0. The summed E-state index contributed by atoms with van der Waals surface area (Å²) in [6.45, 7) is 18.8. The molecule has 0 N–H and O–H groups in total. The van der Waals surface area contributed by atoms with Crippen LogP contribution in [0.4, 0.5) is 5.69 Å². The van der Waals surface area contributed by atoms with Crippen LogP contribution in [0.2, 0.25) is 0 Å². The first kappa shape index (κ1) is 16.4. The molecule has 0 saturated carbocycles. The van der Waals surface area contributed by atoms with Gasteiger partial charge in [-0.2, -0.15) is 0 Å². The summed E-state index contributed by atoms with van der Waals surface area (Å²) >= 11 is 0. The summed E-state index contributed by atoms with van der Waals surface area (Å²) in [7, 11) is 0. The Hall–Kier alpha value is -0.980. The molecule has 0 amide bonds. The van der Waals surface area contributed by atoms with Crippen LogP contribution in [-0.2, 0) is 0 Å². The zero-order chi connectivity index (χ0) is 16.0. The topological polar surface area (TPSA) is 3.24 Å². The van der Waals surface area contributed by atoms with E-state index in [1.807, 2.05) is 0 Å². The highest BCUT2D eigenvalue weighted by Crippen LogP contribution is 2.53. The van der Waals surface area contributed by atoms with Crippen LogP contribution in [0, 0.1) is 26.2 Å². The van der Waals surface area contributed by atoms with Gasteiger partial charge in [0.2, 0.25) is 0 Å². The molecule has 21 heavy (non-hydrogen) atoms. The van der Waals surface area contributed by atoms with Gasteiger partial charge in [-0.1, -0.05) is 31.5 Å². The Labute approximate surface area is 131 Å². The van der Waals surface area contributed by atoms with E-state index in [0.717, 1.165) is 0 Å². The van der Waals surface area contributed by atoms with Gasteiger partial charge in [0.25, 0.3) is 0 Å². The summed E-state index contributed by atoms with van der Waals surface area (Å²) in [5.74, 6) is 0. The van der Waals surface area contributed by atoms with Crippen molar-refractivity contribution in [3.8, 4) is 0 Å². The lowest BCUT2D eigenvalue weighted by molar-refractivity contribution is 0.235. The molecule has 1 aromatic carbocycles. The van der Waals surface area contributed by atoms with E-state index >= 15 is 0 Å². The van der Waals surface area contributed by atoms with Crippen molar-refractivity contribution in [3.05, 3.63) is 28.8 Å². The van der Waals surface area contributed by atoms with E-state index in [1.165, 1.54) is 41.6 Å². The average Bonchev–Trinajstić information content (AvgIpc) is 2.58. The van der Waals surface area contributed by atoms with Gasteiger partial charge >= 0.3 is 0 Å². The third-order valence-corrected chi connectivity index (χ3v) is 5.99. The van der Waals surface area contributed by atoms with Crippen molar-refractivity contribution in [3.63, 3.8) is 0 Å². The van der Waals surface area contributed by atoms with E-state index in [4.69, 9.17) is 0 Å². The van der Waals surface area contributed by atoms with Crippen molar-refractivity contribution in [2.75, 3.05) is 4.90 Å². The van der Waals surface area contributed by atoms with Crippen molar-refractivity contribution in [2.45, 2.75) is 86.2 Å². The fraction of sp³-hybridized carbons (Fsp3) is 0.700. The van der Waals surface area contributed by atoms with Gasteiger partial charge in [0.05, 0.1) is 0 Å². The van der Waals surface area contributed by atoms with Gasteiger partial charge in [0.15, 0.2) is 0 Å². The standard InChI is InChI=1S/C20H33N/c1-9-20(10-2)13-19(7,8)21(17(20)6)18-15(4)11-14(3)12-16(18)5/h11-12,17H,9-10,13H2,1-8H3. The molecule has 1 aliphatic rings. The summed E-state index contributed by atoms with van der Waals surface area (Å²) in [6, 6.07) is 5.27. The fourth-order valence-corrected chi connectivity index (χ4v) is 5.03. The number of anilines is 1. The Balaban J connectivity index is 2.58. The van der Waals surface area contributed by atoms with Gasteiger partial charge < -0.3 is 4.90 Å². The lowest BCUT2D eigenvalue weighted by Crippen LogP contribution is -2.44. The lowest BCUT2D eigenvalue weighted by atomic mass is 9.74. The molecular weight excluding hydrogens is 254 g/mol. The second kappa shape index (κ2) is 5.34. The largest absolute Gasteiger partial charge is 0.363 e. The van der Waals surface area contributed by atoms with Crippen LogP contribution < -0.4 is 4.90 Å². The molecule has 2 rings (SSSR count). The molecular formula is C20H33N. The van der Waals surface area contributed by atoms with E-state index < -0.39 is 0 Å². The molecule has 1 atom stereocenters. The molecule has 0 radical (unpaired) electrons. The summed E-state index contributed by atoms with van der Waals surface area (Å²) in [4.78, 5) is 2.73. The van der Waals surface area contributed by atoms with Gasteiger partial charge in [-0.25, -0.2) is 0 Å². The van der Waals surface area contributed by atoms with E-state index in [9.17, 15) is 0 Å². The first-order valence-corrected chi connectivity index (χ1v) is 8.55. The Kier molecular flexibility index (Phi) is 4.17. The van der Waals surface area contributed by atoms with Crippen molar-refractivity contribution in [1.82, 2.24) is 0 Å². The molecule has 0 bridgehead atoms. The quantitative estimate of drug-likeness (QED) is 0.679. The number of nitrogens with zero attached hydrogens (tertiary/aromatic N) is 1. The Morgan fingerprint density at radius 1 is 1.05 bits per heavy atom. The molecule has 1 fully saturated rings. The van der Waals surface area contributed by atoms with Gasteiger partial charge in [-0.05, 0) is 77.3 Å². The molecule has 118 valence electrons. The van der Waals surface area contributed by atoms with Crippen LogP contribution in [-0.4, -0.2) is 11.6 Å². The number of hydrogen-bond acceptors (Lipinski definition) is 1. The van der Waals surface area contributed by atoms with Crippen molar-refractivity contribution in [1.29, 1.82) is 0 Å². The van der Waals surface area contributed by atoms with Gasteiger partial charge in [-0.3, -0.25) is 0 Å². The first-order valence-electron chi connectivity index (χ1n) is 8.55. The maximum atomic E-state index is 2.73.